The maximum Gasteiger partial charge on any atom is 0.227 e. The molecule has 5 heteroatoms. The number of imidazole rings is 1. The highest BCUT2D eigenvalue weighted by molar-refractivity contribution is 5.97. The van der Waals surface area contributed by atoms with E-state index in [4.69, 9.17) is 9.72 Å². The number of rotatable bonds is 6. The van der Waals surface area contributed by atoms with Crippen LogP contribution in [0.2, 0.25) is 0 Å². The molecule has 0 unspecified atom stereocenters. The molecular weight excluding hydrogens is 350 g/mol. The fraction of sp³-hybridized carbons (Fsp3) is 0.391. The highest BCUT2D eigenvalue weighted by Gasteiger charge is 2.36. The molecule has 5 nitrogen and oxygen atoms in total. The molecule has 0 radical (unpaired) electrons. The van der Waals surface area contributed by atoms with Gasteiger partial charge in [0.15, 0.2) is 0 Å². The summed E-state index contributed by atoms with van der Waals surface area (Å²) < 4.78 is 7.80. The van der Waals surface area contributed by atoms with Crippen LogP contribution < -0.4 is 9.64 Å². The molecule has 4 rings (SSSR count). The van der Waals surface area contributed by atoms with Crippen LogP contribution in [-0.2, 0) is 11.3 Å². The van der Waals surface area contributed by atoms with Gasteiger partial charge in [-0.1, -0.05) is 44.5 Å². The van der Waals surface area contributed by atoms with E-state index in [0.717, 1.165) is 41.3 Å². The fourth-order valence-electron chi connectivity index (χ4n) is 4.00. The summed E-state index contributed by atoms with van der Waals surface area (Å²) in [6.07, 6.45) is 1.59. The Balaban J connectivity index is 1.71. The summed E-state index contributed by atoms with van der Waals surface area (Å²) in [5.74, 6) is 2.50. The highest BCUT2D eigenvalue weighted by atomic mass is 16.5. The number of hydrogen-bond donors (Lipinski definition) is 0. The zero-order chi connectivity index (χ0) is 19.7. The number of ether oxygens (including phenoxy) is 1. The Hall–Kier alpha value is -2.82. The summed E-state index contributed by atoms with van der Waals surface area (Å²) in [5.41, 5.74) is 2.99. The van der Waals surface area contributed by atoms with Gasteiger partial charge in [-0.25, -0.2) is 4.98 Å². The van der Waals surface area contributed by atoms with Gasteiger partial charge in [-0.2, -0.15) is 0 Å². The smallest absolute Gasteiger partial charge is 0.227 e. The van der Waals surface area contributed by atoms with Gasteiger partial charge in [0.25, 0.3) is 0 Å². The second-order valence-electron chi connectivity index (χ2n) is 7.66. The summed E-state index contributed by atoms with van der Waals surface area (Å²) >= 11 is 0. The second kappa shape index (κ2) is 7.66. The van der Waals surface area contributed by atoms with Crippen LogP contribution in [0, 0.1) is 5.92 Å². The van der Waals surface area contributed by atoms with E-state index in [1.54, 1.807) is 7.11 Å². The summed E-state index contributed by atoms with van der Waals surface area (Å²) in [6, 6.07) is 16.0. The van der Waals surface area contributed by atoms with Crippen LogP contribution >= 0.6 is 0 Å². The van der Waals surface area contributed by atoms with Gasteiger partial charge in [0.1, 0.15) is 11.6 Å². The molecule has 1 fully saturated rings. The number of para-hydroxylation sites is 4. The van der Waals surface area contributed by atoms with Gasteiger partial charge in [0.05, 0.1) is 23.8 Å². The third-order valence-electron chi connectivity index (χ3n) is 5.74. The molecule has 0 aliphatic carbocycles. The third-order valence-corrected chi connectivity index (χ3v) is 5.74. The number of anilines is 1. The second-order valence-corrected chi connectivity index (χ2v) is 7.66. The van der Waals surface area contributed by atoms with Crippen molar-refractivity contribution in [1.29, 1.82) is 0 Å². The van der Waals surface area contributed by atoms with E-state index in [0.29, 0.717) is 18.9 Å². The molecule has 146 valence electrons. The number of nitrogens with zero attached hydrogens (tertiary/aromatic N) is 3. The number of carbonyl (C=O) groups excluding carboxylic acids is 1. The Bertz CT molecular complexity index is 994. The first-order chi connectivity index (χ1) is 13.6. The molecule has 1 aromatic heterocycles. The summed E-state index contributed by atoms with van der Waals surface area (Å²) in [6.45, 7) is 6.03. The maximum atomic E-state index is 12.9. The minimum absolute atomic E-state index is 0.0777. The van der Waals surface area contributed by atoms with Crippen molar-refractivity contribution in [3.05, 3.63) is 54.4 Å². The van der Waals surface area contributed by atoms with E-state index >= 15 is 0 Å². The molecular formula is C23H27N3O2. The van der Waals surface area contributed by atoms with Gasteiger partial charge in [-0.05, 0) is 30.2 Å². The molecule has 1 saturated heterocycles. The normalized spacial score (nSPS) is 18.0. The molecule has 3 aromatic rings. The molecule has 1 aliphatic heterocycles. The van der Waals surface area contributed by atoms with Gasteiger partial charge in [0, 0.05) is 25.4 Å². The molecule has 2 heterocycles. The Morgan fingerprint density at radius 2 is 1.93 bits per heavy atom. The first-order valence-electron chi connectivity index (χ1n) is 10.0. The standard InChI is InChI=1S/C23H27N3O2/c1-4-16(2)14-26-19-10-6-5-9-18(19)24-23(26)17-13-22(27)25(15-17)20-11-7-8-12-21(20)28-3/h5-12,16-17H,4,13-15H2,1-3H3/t16-,17-/m1/s1. The third kappa shape index (κ3) is 3.26. The predicted octanol–water partition coefficient (Wildman–Crippen LogP) is 4.61. The molecule has 28 heavy (non-hydrogen) atoms. The highest BCUT2D eigenvalue weighted by Crippen LogP contribution is 2.37. The lowest BCUT2D eigenvalue weighted by Crippen LogP contribution is -2.25. The van der Waals surface area contributed by atoms with Crippen molar-refractivity contribution in [2.24, 2.45) is 5.92 Å². The van der Waals surface area contributed by atoms with Gasteiger partial charge < -0.3 is 14.2 Å². The number of fused-ring (bicyclic) bond motifs is 1. The quantitative estimate of drug-likeness (QED) is 0.630. The van der Waals surface area contributed by atoms with Crippen molar-refractivity contribution in [3.8, 4) is 5.75 Å². The Labute approximate surface area is 165 Å². The number of carbonyl (C=O) groups is 1. The van der Waals surface area contributed by atoms with Crippen LogP contribution in [0.25, 0.3) is 11.0 Å². The van der Waals surface area contributed by atoms with Gasteiger partial charge in [-0.3, -0.25) is 4.79 Å². The summed E-state index contributed by atoms with van der Waals surface area (Å²) in [7, 11) is 1.64. The predicted molar refractivity (Wildman–Crippen MR) is 112 cm³/mol. The number of benzene rings is 2. The number of aromatic nitrogens is 2. The van der Waals surface area contributed by atoms with Crippen LogP contribution in [0.5, 0.6) is 5.75 Å². The Morgan fingerprint density at radius 3 is 2.71 bits per heavy atom. The molecule has 0 N–H and O–H groups in total. The first kappa shape index (κ1) is 18.5. The topological polar surface area (TPSA) is 47.4 Å². The van der Waals surface area contributed by atoms with Gasteiger partial charge in [0.2, 0.25) is 5.91 Å². The van der Waals surface area contributed by atoms with Crippen molar-refractivity contribution in [3.63, 3.8) is 0 Å². The monoisotopic (exact) mass is 377 g/mol. The average Bonchev–Trinajstić information content (AvgIpc) is 3.28. The lowest BCUT2D eigenvalue weighted by molar-refractivity contribution is -0.117. The van der Waals surface area contributed by atoms with Gasteiger partial charge >= 0.3 is 0 Å². The van der Waals surface area contributed by atoms with Crippen molar-refractivity contribution < 1.29 is 9.53 Å². The van der Waals surface area contributed by atoms with Crippen LogP contribution in [0.1, 0.15) is 38.4 Å². The minimum Gasteiger partial charge on any atom is -0.495 e. The maximum absolute atomic E-state index is 12.9. The van der Waals surface area contributed by atoms with Crippen LogP contribution in [0.15, 0.2) is 48.5 Å². The molecule has 0 bridgehead atoms. The number of methoxy groups -OCH3 is 1. The van der Waals surface area contributed by atoms with E-state index in [9.17, 15) is 4.79 Å². The Kier molecular flexibility index (Phi) is 5.07. The molecule has 1 amide bonds. The average molecular weight is 377 g/mol. The van der Waals surface area contributed by atoms with Crippen LogP contribution in [-0.4, -0.2) is 29.1 Å². The van der Waals surface area contributed by atoms with Crippen LogP contribution in [0.4, 0.5) is 5.69 Å². The van der Waals surface area contributed by atoms with E-state index in [1.807, 2.05) is 35.2 Å². The lowest BCUT2D eigenvalue weighted by atomic mass is 10.1. The lowest BCUT2D eigenvalue weighted by Gasteiger charge is -2.20. The van der Waals surface area contributed by atoms with E-state index in [-0.39, 0.29) is 11.8 Å². The van der Waals surface area contributed by atoms with Crippen LogP contribution in [0.3, 0.4) is 0 Å². The first-order valence-corrected chi connectivity index (χ1v) is 10.0. The van der Waals surface area contributed by atoms with Gasteiger partial charge in [-0.15, -0.1) is 0 Å². The van der Waals surface area contributed by atoms with Crippen molar-refractivity contribution >= 4 is 22.6 Å². The minimum atomic E-state index is 0.0777. The molecule has 0 spiro atoms. The Morgan fingerprint density at radius 1 is 1.18 bits per heavy atom. The van der Waals surface area contributed by atoms with E-state index in [2.05, 4.69) is 36.6 Å². The van der Waals surface area contributed by atoms with Crippen molar-refractivity contribution in [2.75, 3.05) is 18.6 Å². The molecule has 2 atom stereocenters. The zero-order valence-corrected chi connectivity index (χ0v) is 16.8. The SMILES string of the molecule is CC[C@@H](C)Cn1c([C@@H]2CC(=O)N(c3ccccc3OC)C2)nc2ccccc21. The molecule has 2 aromatic carbocycles. The zero-order valence-electron chi connectivity index (χ0n) is 16.8. The number of amides is 1. The van der Waals surface area contributed by atoms with E-state index in [1.165, 1.54) is 0 Å². The number of hydrogen-bond acceptors (Lipinski definition) is 3. The summed E-state index contributed by atoms with van der Waals surface area (Å²) in [5, 5.41) is 0. The van der Waals surface area contributed by atoms with E-state index < -0.39 is 0 Å². The van der Waals surface area contributed by atoms with Crippen molar-refractivity contribution in [1.82, 2.24) is 9.55 Å². The molecule has 1 aliphatic rings. The molecule has 0 saturated carbocycles. The largest absolute Gasteiger partial charge is 0.495 e. The fourth-order valence-corrected chi connectivity index (χ4v) is 4.00. The summed E-state index contributed by atoms with van der Waals surface area (Å²) in [4.78, 5) is 19.6. The van der Waals surface area contributed by atoms with Crippen molar-refractivity contribution in [2.45, 2.75) is 39.2 Å².